The van der Waals surface area contributed by atoms with Crippen LogP contribution in [0.4, 0.5) is 0 Å². The molecular formula is C15H21NO. The SMILES string of the molecule is CC(OC1C[C@H]2CC[C@@H](C1)N2)c1ccccc1. The molecule has 2 fully saturated rings. The average Bonchev–Trinajstić information content (AvgIpc) is 2.70. The summed E-state index contributed by atoms with van der Waals surface area (Å²) >= 11 is 0. The van der Waals surface area contributed by atoms with Gasteiger partial charge >= 0.3 is 0 Å². The molecule has 0 spiro atoms. The van der Waals surface area contributed by atoms with Crippen molar-refractivity contribution in [3.05, 3.63) is 35.9 Å². The predicted octanol–water partition coefficient (Wildman–Crippen LogP) is 3.05. The molecule has 0 saturated carbocycles. The Bertz CT molecular complexity index is 352. The molecule has 2 unspecified atom stereocenters. The van der Waals surface area contributed by atoms with E-state index in [2.05, 4.69) is 42.6 Å². The van der Waals surface area contributed by atoms with Crippen LogP contribution in [0.15, 0.2) is 30.3 Å². The molecule has 0 aliphatic carbocycles. The van der Waals surface area contributed by atoms with E-state index >= 15 is 0 Å². The first kappa shape index (κ1) is 11.2. The Morgan fingerprint density at radius 1 is 1.12 bits per heavy atom. The van der Waals surface area contributed by atoms with Crippen molar-refractivity contribution in [2.24, 2.45) is 0 Å². The predicted molar refractivity (Wildman–Crippen MR) is 68.9 cm³/mol. The highest BCUT2D eigenvalue weighted by Gasteiger charge is 2.34. The second-order valence-electron chi connectivity index (χ2n) is 5.42. The Morgan fingerprint density at radius 2 is 1.76 bits per heavy atom. The van der Waals surface area contributed by atoms with Crippen LogP contribution in [-0.4, -0.2) is 18.2 Å². The molecule has 2 heteroatoms. The van der Waals surface area contributed by atoms with Crippen molar-refractivity contribution in [1.82, 2.24) is 5.32 Å². The van der Waals surface area contributed by atoms with Crippen LogP contribution in [0.3, 0.4) is 0 Å². The van der Waals surface area contributed by atoms with Gasteiger partial charge in [0.1, 0.15) is 0 Å². The van der Waals surface area contributed by atoms with Crippen molar-refractivity contribution in [1.29, 1.82) is 0 Å². The first-order chi connectivity index (χ1) is 8.31. The van der Waals surface area contributed by atoms with E-state index in [1.54, 1.807) is 0 Å². The molecule has 1 aromatic carbocycles. The molecular weight excluding hydrogens is 210 g/mol. The summed E-state index contributed by atoms with van der Waals surface area (Å²) in [7, 11) is 0. The maximum absolute atomic E-state index is 6.22. The van der Waals surface area contributed by atoms with E-state index < -0.39 is 0 Å². The molecule has 0 radical (unpaired) electrons. The lowest BCUT2D eigenvalue weighted by atomic mass is 10.0. The molecule has 2 nitrogen and oxygen atoms in total. The second kappa shape index (κ2) is 4.79. The van der Waals surface area contributed by atoms with Gasteiger partial charge in [0.25, 0.3) is 0 Å². The van der Waals surface area contributed by atoms with Crippen molar-refractivity contribution in [3.63, 3.8) is 0 Å². The molecule has 0 amide bonds. The van der Waals surface area contributed by atoms with Crippen LogP contribution in [0.25, 0.3) is 0 Å². The minimum absolute atomic E-state index is 0.221. The molecule has 0 aromatic heterocycles. The Hall–Kier alpha value is -0.860. The van der Waals surface area contributed by atoms with E-state index in [0.29, 0.717) is 18.2 Å². The van der Waals surface area contributed by atoms with Crippen LogP contribution in [0.1, 0.15) is 44.3 Å². The summed E-state index contributed by atoms with van der Waals surface area (Å²) in [6.07, 6.45) is 5.72. The summed E-state index contributed by atoms with van der Waals surface area (Å²) in [5, 5.41) is 3.65. The summed E-state index contributed by atoms with van der Waals surface area (Å²) in [5.41, 5.74) is 1.29. The Kier molecular flexibility index (Phi) is 3.17. The third-order valence-electron chi connectivity index (χ3n) is 4.10. The van der Waals surface area contributed by atoms with E-state index in [0.717, 1.165) is 0 Å². The van der Waals surface area contributed by atoms with E-state index in [1.807, 2.05) is 0 Å². The zero-order valence-electron chi connectivity index (χ0n) is 10.4. The fraction of sp³-hybridized carbons (Fsp3) is 0.600. The molecule has 2 bridgehead atoms. The smallest absolute Gasteiger partial charge is 0.0800 e. The summed E-state index contributed by atoms with van der Waals surface area (Å²) in [6, 6.07) is 12.0. The lowest BCUT2D eigenvalue weighted by molar-refractivity contribution is -0.0281. The maximum Gasteiger partial charge on any atom is 0.0800 e. The van der Waals surface area contributed by atoms with Crippen molar-refractivity contribution in [2.45, 2.75) is 56.9 Å². The van der Waals surface area contributed by atoms with Crippen molar-refractivity contribution in [3.8, 4) is 0 Å². The van der Waals surface area contributed by atoms with Gasteiger partial charge in [0.2, 0.25) is 0 Å². The summed E-state index contributed by atoms with van der Waals surface area (Å²) in [5.74, 6) is 0. The minimum Gasteiger partial charge on any atom is -0.370 e. The number of hydrogen-bond acceptors (Lipinski definition) is 2. The van der Waals surface area contributed by atoms with Gasteiger partial charge in [-0.25, -0.2) is 0 Å². The number of nitrogens with one attached hydrogen (secondary N) is 1. The van der Waals surface area contributed by atoms with Gasteiger partial charge in [-0.3, -0.25) is 0 Å². The van der Waals surface area contributed by atoms with Gasteiger partial charge in [-0.2, -0.15) is 0 Å². The third kappa shape index (κ3) is 2.53. The van der Waals surface area contributed by atoms with E-state index in [4.69, 9.17) is 4.74 Å². The molecule has 2 aliphatic rings. The zero-order valence-corrected chi connectivity index (χ0v) is 10.4. The summed E-state index contributed by atoms with van der Waals surface area (Å²) in [4.78, 5) is 0. The van der Waals surface area contributed by atoms with Crippen LogP contribution >= 0.6 is 0 Å². The number of piperidine rings is 1. The monoisotopic (exact) mass is 231 g/mol. The number of rotatable bonds is 3. The maximum atomic E-state index is 6.22. The molecule has 92 valence electrons. The normalized spacial score (nSPS) is 33.6. The molecule has 17 heavy (non-hydrogen) atoms. The molecule has 4 atom stereocenters. The van der Waals surface area contributed by atoms with Gasteiger partial charge in [0, 0.05) is 12.1 Å². The number of benzene rings is 1. The number of fused-ring (bicyclic) bond motifs is 2. The lowest BCUT2D eigenvalue weighted by Gasteiger charge is -2.31. The highest BCUT2D eigenvalue weighted by atomic mass is 16.5. The minimum atomic E-state index is 0.221. The highest BCUT2D eigenvalue weighted by molar-refractivity contribution is 5.17. The topological polar surface area (TPSA) is 21.3 Å². The molecule has 2 aliphatic heterocycles. The van der Waals surface area contributed by atoms with Crippen LogP contribution in [0, 0.1) is 0 Å². The van der Waals surface area contributed by atoms with Crippen LogP contribution in [-0.2, 0) is 4.74 Å². The van der Waals surface area contributed by atoms with Gasteiger partial charge < -0.3 is 10.1 Å². The van der Waals surface area contributed by atoms with Crippen LogP contribution < -0.4 is 5.32 Å². The average molecular weight is 231 g/mol. The number of ether oxygens (including phenoxy) is 1. The van der Waals surface area contributed by atoms with Crippen molar-refractivity contribution >= 4 is 0 Å². The van der Waals surface area contributed by atoms with Gasteiger partial charge in [0.05, 0.1) is 12.2 Å². The lowest BCUT2D eigenvalue weighted by Crippen LogP contribution is -2.41. The molecule has 2 heterocycles. The first-order valence-electron chi connectivity index (χ1n) is 6.77. The van der Waals surface area contributed by atoms with Gasteiger partial charge in [-0.15, -0.1) is 0 Å². The van der Waals surface area contributed by atoms with Gasteiger partial charge in [-0.1, -0.05) is 30.3 Å². The molecule has 3 rings (SSSR count). The quantitative estimate of drug-likeness (QED) is 0.863. The van der Waals surface area contributed by atoms with E-state index in [-0.39, 0.29) is 6.10 Å². The Morgan fingerprint density at radius 3 is 2.41 bits per heavy atom. The summed E-state index contributed by atoms with van der Waals surface area (Å²) in [6.45, 7) is 2.17. The van der Waals surface area contributed by atoms with E-state index in [1.165, 1.54) is 31.2 Å². The largest absolute Gasteiger partial charge is 0.370 e. The fourth-order valence-electron chi connectivity index (χ4n) is 3.21. The third-order valence-corrected chi connectivity index (χ3v) is 4.10. The van der Waals surface area contributed by atoms with Crippen molar-refractivity contribution in [2.75, 3.05) is 0 Å². The molecule has 1 N–H and O–H groups in total. The highest BCUT2D eigenvalue weighted by Crippen LogP contribution is 2.31. The molecule has 1 aromatic rings. The van der Waals surface area contributed by atoms with Gasteiger partial charge in [-0.05, 0) is 38.2 Å². The fourth-order valence-corrected chi connectivity index (χ4v) is 3.21. The Balaban J connectivity index is 1.60. The summed E-state index contributed by atoms with van der Waals surface area (Å²) < 4.78 is 6.22. The van der Waals surface area contributed by atoms with Crippen LogP contribution in [0.2, 0.25) is 0 Å². The number of hydrogen-bond donors (Lipinski definition) is 1. The first-order valence-corrected chi connectivity index (χ1v) is 6.77. The Labute approximate surface area is 103 Å². The standard InChI is InChI=1S/C15H21NO/c1-11(12-5-3-2-4-6-12)17-15-9-13-7-8-14(10-15)16-13/h2-6,11,13-16H,7-10H2,1H3/t11?,13-,14+,15?. The zero-order chi connectivity index (χ0) is 11.7. The van der Waals surface area contributed by atoms with Gasteiger partial charge in [0.15, 0.2) is 0 Å². The van der Waals surface area contributed by atoms with Crippen molar-refractivity contribution < 1.29 is 4.74 Å². The second-order valence-corrected chi connectivity index (χ2v) is 5.42. The molecule has 2 saturated heterocycles. The van der Waals surface area contributed by atoms with E-state index in [9.17, 15) is 0 Å². The van der Waals surface area contributed by atoms with Crippen LogP contribution in [0.5, 0.6) is 0 Å².